The third-order valence-corrected chi connectivity index (χ3v) is 5.41. The molecule has 0 saturated heterocycles. The zero-order valence-corrected chi connectivity index (χ0v) is 15.6. The Hall–Kier alpha value is -3.12. The molecule has 2 N–H and O–H groups in total. The van der Waals surface area contributed by atoms with Gasteiger partial charge >= 0.3 is 0 Å². The lowest BCUT2D eigenvalue weighted by Gasteiger charge is -2.24. The first-order valence-electron chi connectivity index (χ1n) is 8.32. The van der Waals surface area contributed by atoms with E-state index in [1.165, 1.54) is 18.0 Å². The maximum atomic E-state index is 13.1. The van der Waals surface area contributed by atoms with Crippen molar-refractivity contribution in [2.24, 2.45) is 0 Å². The largest absolute Gasteiger partial charge is 0.507 e. The molecule has 0 saturated carbocycles. The number of allylic oxidation sites excluding steroid dienone is 1. The molecule has 3 aromatic rings. The van der Waals surface area contributed by atoms with Gasteiger partial charge in [0.15, 0.2) is 5.76 Å². The van der Waals surface area contributed by atoms with Gasteiger partial charge in [-0.2, -0.15) is 0 Å². The molecule has 0 amide bonds. The Balaban J connectivity index is 1.88. The van der Waals surface area contributed by atoms with Crippen molar-refractivity contribution in [3.05, 3.63) is 76.6 Å². The SMILES string of the molecule is COc1ccc2c(c1)SC(C(=O)c1ccco1)=C(c1cc(C)ccc1O)N2. The van der Waals surface area contributed by atoms with E-state index in [0.29, 0.717) is 21.9 Å². The number of hydrogen-bond acceptors (Lipinski definition) is 6. The van der Waals surface area contributed by atoms with Crippen molar-refractivity contribution < 1.29 is 19.1 Å². The van der Waals surface area contributed by atoms with Gasteiger partial charge in [0.05, 0.1) is 29.7 Å². The van der Waals surface area contributed by atoms with Crippen LogP contribution in [0.2, 0.25) is 0 Å². The number of anilines is 1. The monoisotopic (exact) mass is 379 g/mol. The van der Waals surface area contributed by atoms with Gasteiger partial charge in [0.2, 0.25) is 5.78 Å². The molecule has 4 rings (SSSR count). The molecule has 136 valence electrons. The third-order valence-electron chi connectivity index (χ3n) is 4.26. The number of rotatable bonds is 4. The van der Waals surface area contributed by atoms with Gasteiger partial charge in [-0.3, -0.25) is 4.79 Å². The molecule has 0 bridgehead atoms. The van der Waals surface area contributed by atoms with Crippen LogP contribution < -0.4 is 10.1 Å². The van der Waals surface area contributed by atoms with Gasteiger partial charge < -0.3 is 19.6 Å². The summed E-state index contributed by atoms with van der Waals surface area (Å²) in [5.74, 6) is 0.803. The number of nitrogens with one attached hydrogen (secondary N) is 1. The van der Waals surface area contributed by atoms with E-state index >= 15 is 0 Å². The fourth-order valence-corrected chi connectivity index (χ4v) is 3.97. The number of fused-ring (bicyclic) bond motifs is 1. The number of benzene rings is 2. The van der Waals surface area contributed by atoms with Crippen LogP contribution in [-0.4, -0.2) is 18.0 Å². The molecule has 0 aliphatic carbocycles. The van der Waals surface area contributed by atoms with E-state index in [9.17, 15) is 9.90 Å². The Bertz CT molecular complexity index is 1050. The molecule has 1 aromatic heterocycles. The van der Waals surface area contributed by atoms with E-state index in [0.717, 1.165) is 16.1 Å². The van der Waals surface area contributed by atoms with Gasteiger partial charge in [-0.25, -0.2) is 0 Å². The molecule has 0 unspecified atom stereocenters. The van der Waals surface area contributed by atoms with E-state index in [4.69, 9.17) is 9.15 Å². The normalized spacial score (nSPS) is 13.1. The molecular formula is C21H17NO4S. The Morgan fingerprint density at radius 1 is 1.19 bits per heavy atom. The van der Waals surface area contributed by atoms with Gasteiger partial charge in [-0.15, -0.1) is 0 Å². The second-order valence-corrected chi connectivity index (χ2v) is 7.17. The number of Topliss-reactive ketones (excluding diaryl/α,β-unsaturated/α-hetero) is 1. The van der Waals surface area contributed by atoms with E-state index in [1.54, 1.807) is 25.3 Å². The highest BCUT2D eigenvalue weighted by molar-refractivity contribution is 8.04. The van der Waals surface area contributed by atoms with Crippen LogP contribution >= 0.6 is 11.8 Å². The summed E-state index contributed by atoms with van der Waals surface area (Å²) in [6, 6.07) is 14.2. The second kappa shape index (κ2) is 6.89. The minimum absolute atomic E-state index is 0.102. The van der Waals surface area contributed by atoms with Crippen molar-refractivity contribution in [2.75, 3.05) is 12.4 Å². The predicted molar refractivity (Wildman–Crippen MR) is 105 cm³/mol. The Morgan fingerprint density at radius 3 is 2.78 bits per heavy atom. The van der Waals surface area contributed by atoms with Crippen LogP contribution in [0.3, 0.4) is 0 Å². The van der Waals surface area contributed by atoms with Gasteiger partial charge in [-0.1, -0.05) is 23.4 Å². The number of phenols is 1. The Morgan fingerprint density at radius 2 is 2.04 bits per heavy atom. The Kier molecular flexibility index (Phi) is 4.41. The van der Waals surface area contributed by atoms with Gasteiger partial charge in [-0.05, 0) is 49.4 Å². The molecule has 5 nitrogen and oxygen atoms in total. The van der Waals surface area contributed by atoms with Crippen LogP contribution in [0, 0.1) is 6.92 Å². The number of carbonyl (C=O) groups excluding carboxylic acids is 1. The van der Waals surface area contributed by atoms with Crippen LogP contribution in [0.4, 0.5) is 5.69 Å². The first-order chi connectivity index (χ1) is 13.1. The van der Waals surface area contributed by atoms with Crippen LogP contribution in [0.15, 0.2) is 69.0 Å². The molecule has 1 aliphatic heterocycles. The van der Waals surface area contributed by atoms with Crippen molar-refractivity contribution in [3.63, 3.8) is 0 Å². The zero-order valence-electron chi connectivity index (χ0n) is 14.8. The number of phenolic OH excluding ortho intramolecular Hbond substituents is 1. The number of aryl methyl sites for hydroxylation is 1. The molecule has 2 heterocycles. The summed E-state index contributed by atoms with van der Waals surface area (Å²) in [4.78, 5) is 14.4. The Labute approximate surface area is 160 Å². The van der Waals surface area contributed by atoms with E-state index in [1.807, 2.05) is 37.3 Å². The van der Waals surface area contributed by atoms with Crippen molar-refractivity contribution >= 4 is 28.9 Å². The lowest BCUT2D eigenvalue weighted by atomic mass is 10.0. The second-order valence-electron chi connectivity index (χ2n) is 6.12. The summed E-state index contributed by atoms with van der Waals surface area (Å²) < 4.78 is 10.6. The average Bonchev–Trinajstić information content (AvgIpc) is 3.22. The molecule has 2 aromatic carbocycles. The summed E-state index contributed by atoms with van der Waals surface area (Å²) in [5.41, 5.74) is 2.94. The maximum absolute atomic E-state index is 13.1. The quantitative estimate of drug-likeness (QED) is 0.617. The number of ether oxygens (including phenoxy) is 1. The van der Waals surface area contributed by atoms with E-state index < -0.39 is 0 Å². The first-order valence-corrected chi connectivity index (χ1v) is 9.14. The summed E-state index contributed by atoms with van der Waals surface area (Å²) >= 11 is 1.33. The number of thioether (sulfide) groups is 1. The number of furan rings is 1. The van der Waals surface area contributed by atoms with Crippen molar-refractivity contribution in [3.8, 4) is 11.5 Å². The van der Waals surface area contributed by atoms with Crippen LogP contribution in [0.25, 0.3) is 5.70 Å². The lowest BCUT2D eigenvalue weighted by molar-refractivity contribution is 0.101. The topological polar surface area (TPSA) is 71.7 Å². The molecule has 0 spiro atoms. The third kappa shape index (κ3) is 3.19. The smallest absolute Gasteiger partial charge is 0.236 e. The summed E-state index contributed by atoms with van der Waals surface area (Å²) in [6.45, 7) is 1.94. The van der Waals surface area contributed by atoms with Crippen LogP contribution in [-0.2, 0) is 0 Å². The summed E-state index contributed by atoms with van der Waals surface area (Å²) in [5, 5.41) is 13.7. The molecule has 0 radical (unpaired) electrons. The number of ketones is 1. The van der Waals surface area contributed by atoms with Crippen molar-refractivity contribution in [1.82, 2.24) is 0 Å². The predicted octanol–water partition coefficient (Wildman–Crippen LogP) is 5.07. The fourth-order valence-electron chi connectivity index (χ4n) is 2.89. The standard InChI is InChI=1S/C21H17NO4S/c1-12-5-8-16(23)14(10-12)19-21(20(24)17-4-3-9-26-17)27-18-11-13(25-2)6-7-15(18)22-19/h3-11,22-23H,1-2H3. The molecule has 1 aliphatic rings. The molecule has 0 atom stereocenters. The minimum atomic E-state index is -0.248. The van der Waals surface area contributed by atoms with Gasteiger partial charge in [0.1, 0.15) is 11.5 Å². The van der Waals surface area contributed by atoms with Crippen LogP contribution in [0.1, 0.15) is 21.7 Å². The highest BCUT2D eigenvalue weighted by Crippen LogP contribution is 2.46. The maximum Gasteiger partial charge on any atom is 0.236 e. The number of methoxy groups -OCH3 is 1. The van der Waals surface area contributed by atoms with Crippen molar-refractivity contribution in [2.45, 2.75) is 11.8 Å². The highest BCUT2D eigenvalue weighted by Gasteiger charge is 2.28. The van der Waals surface area contributed by atoms with Gasteiger partial charge in [0, 0.05) is 10.5 Å². The van der Waals surface area contributed by atoms with Crippen molar-refractivity contribution in [1.29, 1.82) is 0 Å². The number of carbonyl (C=O) groups is 1. The zero-order chi connectivity index (χ0) is 19.0. The molecule has 0 fully saturated rings. The minimum Gasteiger partial charge on any atom is -0.507 e. The lowest BCUT2D eigenvalue weighted by Crippen LogP contribution is -2.13. The van der Waals surface area contributed by atoms with E-state index in [-0.39, 0.29) is 17.3 Å². The fraction of sp³-hybridized carbons (Fsp3) is 0.0952. The number of hydrogen-bond donors (Lipinski definition) is 2. The summed E-state index contributed by atoms with van der Waals surface area (Å²) in [7, 11) is 1.60. The molecule has 27 heavy (non-hydrogen) atoms. The van der Waals surface area contributed by atoms with Gasteiger partial charge in [0.25, 0.3) is 0 Å². The number of aromatic hydroxyl groups is 1. The van der Waals surface area contributed by atoms with Crippen LogP contribution in [0.5, 0.6) is 11.5 Å². The molecular weight excluding hydrogens is 362 g/mol. The van der Waals surface area contributed by atoms with E-state index in [2.05, 4.69) is 5.32 Å². The average molecular weight is 379 g/mol. The molecule has 6 heteroatoms. The highest BCUT2D eigenvalue weighted by atomic mass is 32.2. The summed E-state index contributed by atoms with van der Waals surface area (Å²) in [6.07, 6.45) is 1.47. The first kappa shape index (κ1) is 17.3.